The summed E-state index contributed by atoms with van der Waals surface area (Å²) in [4.78, 5) is -1.11. The Morgan fingerprint density at radius 1 is 0.806 bits per heavy atom. The Bertz CT molecular complexity index is 1100. The molecule has 4 unspecified atom stereocenters. The Kier molecular flexibility index (Phi) is 3.88. The summed E-state index contributed by atoms with van der Waals surface area (Å²) in [6.45, 7) is 0. The molecule has 158 valence electrons. The molecule has 2 nitrogen and oxygen atoms in total. The molecule has 3 saturated carbocycles. The van der Waals surface area contributed by atoms with Crippen molar-refractivity contribution in [2.24, 2.45) is 11.8 Å². The third kappa shape index (κ3) is 2.21. The van der Waals surface area contributed by atoms with Gasteiger partial charge in [-0.15, -0.1) is 46.4 Å². The van der Waals surface area contributed by atoms with Crippen LogP contribution in [0.15, 0.2) is 60.7 Å². The Morgan fingerprint density at radius 2 is 1.39 bits per heavy atom. The van der Waals surface area contributed by atoms with Crippen LogP contribution in [0.2, 0.25) is 0 Å². The topological polar surface area (TPSA) is 17.8 Å². The lowest BCUT2D eigenvalue weighted by molar-refractivity contribution is 0.248. The average Bonchev–Trinajstić information content (AvgIpc) is 3.54. The summed E-state index contributed by atoms with van der Waals surface area (Å²) in [6.07, 6.45) is 1.73. The van der Waals surface area contributed by atoms with Crippen LogP contribution < -0.4 is 0 Å². The Morgan fingerprint density at radius 3 is 2.03 bits per heavy atom. The first kappa shape index (κ1) is 19.3. The van der Waals surface area contributed by atoms with Crippen molar-refractivity contribution in [2.75, 3.05) is 0 Å². The zero-order chi connectivity index (χ0) is 21.1. The van der Waals surface area contributed by atoms with E-state index in [0.717, 1.165) is 23.4 Å². The molecule has 2 aromatic carbocycles. The van der Waals surface area contributed by atoms with Gasteiger partial charge < -0.3 is 0 Å². The number of halogens is 4. The molecule has 3 fully saturated rings. The largest absolute Gasteiger partial charge is 0.237 e. The maximum absolute atomic E-state index is 7.29. The maximum atomic E-state index is 7.29. The van der Waals surface area contributed by atoms with Gasteiger partial charge in [-0.3, -0.25) is 0 Å². The van der Waals surface area contributed by atoms with Gasteiger partial charge in [-0.1, -0.05) is 48.5 Å². The minimum atomic E-state index is -0.559. The van der Waals surface area contributed by atoms with E-state index in [0.29, 0.717) is 18.3 Å². The second-order valence-electron chi connectivity index (χ2n) is 9.59. The van der Waals surface area contributed by atoms with Gasteiger partial charge in [-0.2, -0.15) is 5.10 Å². The van der Waals surface area contributed by atoms with Crippen molar-refractivity contribution >= 4 is 46.4 Å². The highest BCUT2D eigenvalue weighted by Crippen LogP contribution is 2.79. The van der Waals surface area contributed by atoms with Crippen LogP contribution in [0.1, 0.15) is 35.9 Å². The minimum Gasteiger partial charge on any atom is -0.237 e. The molecular formula is C25H20Cl4N2. The zero-order valence-electron chi connectivity index (χ0n) is 16.6. The van der Waals surface area contributed by atoms with Crippen molar-refractivity contribution in [1.29, 1.82) is 0 Å². The predicted octanol–water partition coefficient (Wildman–Crippen LogP) is 6.94. The number of nitrogens with zero attached hydrogens (tertiary/aromatic N) is 2. The number of rotatable bonds is 2. The molecule has 4 aliphatic carbocycles. The molecule has 6 heteroatoms. The van der Waals surface area contributed by atoms with Gasteiger partial charge in [0.05, 0.1) is 37.6 Å². The Hall–Kier alpha value is -1.19. The summed E-state index contributed by atoms with van der Waals surface area (Å²) in [5.74, 6) is 1.06. The number of para-hydroxylation sites is 1. The molecule has 4 bridgehead atoms. The van der Waals surface area contributed by atoms with Gasteiger partial charge in [0.2, 0.25) is 0 Å². The fraction of sp³-hybridized carbons (Fsp3) is 0.400. The summed E-state index contributed by atoms with van der Waals surface area (Å²) in [7, 11) is 0. The highest BCUT2D eigenvalue weighted by atomic mass is 35.5. The van der Waals surface area contributed by atoms with Gasteiger partial charge in [-0.25, -0.2) is 4.68 Å². The van der Waals surface area contributed by atoms with Crippen LogP contribution in [-0.2, 0) is 0 Å². The highest BCUT2D eigenvalue weighted by Gasteiger charge is 2.79. The molecular weight excluding hydrogens is 470 g/mol. The van der Waals surface area contributed by atoms with Gasteiger partial charge in [0, 0.05) is 17.0 Å². The van der Waals surface area contributed by atoms with Gasteiger partial charge in [0.25, 0.3) is 0 Å². The molecule has 0 N–H and O–H groups in total. The molecule has 3 aromatic rings. The van der Waals surface area contributed by atoms with E-state index < -0.39 is 9.75 Å². The van der Waals surface area contributed by atoms with Gasteiger partial charge in [-0.05, 0) is 42.7 Å². The van der Waals surface area contributed by atoms with Crippen LogP contribution in [-0.4, -0.2) is 30.3 Å². The lowest BCUT2D eigenvalue weighted by Gasteiger charge is -2.45. The first-order valence-corrected chi connectivity index (χ1v) is 12.5. The van der Waals surface area contributed by atoms with E-state index in [1.807, 2.05) is 12.1 Å². The molecule has 4 aliphatic rings. The van der Waals surface area contributed by atoms with Crippen LogP contribution in [0.3, 0.4) is 0 Å². The highest BCUT2D eigenvalue weighted by molar-refractivity contribution is 6.43. The van der Waals surface area contributed by atoms with E-state index in [9.17, 15) is 0 Å². The number of hydrogen-bond acceptors (Lipinski definition) is 1. The van der Waals surface area contributed by atoms with E-state index in [4.69, 9.17) is 51.5 Å². The van der Waals surface area contributed by atoms with Gasteiger partial charge in [0.15, 0.2) is 0 Å². The zero-order valence-corrected chi connectivity index (χ0v) is 19.6. The SMILES string of the molecule is ClC1C(Cl)[C@@]2(Cl)C[C@]1(Cl)C1C2[C@H]2C[C@@H]1c1c(-c3ccccc3)nn(-c3ccccc3)c12. The summed E-state index contributed by atoms with van der Waals surface area (Å²) in [5.41, 5.74) is 5.91. The van der Waals surface area contributed by atoms with E-state index in [1.165, 1.54) is 11.3 Å². The van der Waals surface area contributed by atoms with E-state index in [-0.39, 0.29) is 22.6 Å². The fourth-order valence-corrected chi connectivity index (χ4v) is 9.72. The Labute approximate surface area is 201 Å². The van der Waals surface area contributed by atoms with Crippen molar-refractivity contribution in [3.8, 4) is 16.9 Å². The molecule has 7 rings (SSSR count). The minimum absolute atomic E-state index is 0.226. The Balaban J connectivity index is 1.48. The maximum Gasteiger partial charge on any atom is 0.0965 e. The number of fused-ring (bicyclic) bond motifs is 12. The monoisotopic (exact) mass is 488 g/mol. The average molecular weight is 490 g/mol. The first-order chi connectivity index (χ1) is 14.9. The number of aromatic nitrogens is 2. The molecule has 0 aliphatic heterocycles. The molecule has 0 amide bonds. The van der Waals surface area contributed by atoms with Crippen LogP contribution in [0.4, 0.5) is 0 Å². The van der Waals surface area contributed by atoms with E-state index in [2.05, 4.69) is 53.2 Å². The molecule has 8 atom stereocenters. The standard InChI is InChI=1S/C25H20Cl4N2/c26-22-23(27)25(29)12-24(22,28)18-15-11-16(19(18)25)21-17(15)20(13-7-3-1-4-8-13)30-31(21)14-9-5-2-6-10-14/h1-10,15-16,18-19,22-23H,11-12H2/t15-,16-,18?,19?,22?,23?,24+,25-/m1/s1. The second kappa shape index (κ2) is 6.23. The fourth-order valence-electron chi connectivity index (χ4n) is 7.35. The summed E-state index contributed by atoms with van der Waals surface area (Å²) < 4.78 is 2.15. The van der Waals surface area contributed by atoms with Gasteiger partial charge in [0.1, 0.15) is 0 Å². The molecule has 0 radical (unpaired) electrons. The van der Waals surface area contributed by atoms with Gasteiger partial charge >= 0.3 is 0 Å². The third-order valence-electron chi connectivity index (χ3n) is 8.32. The van der Waals surface area contributed by atoms with Crippen LogP contribution in [0, 0.1) is 11.8 Å². The summed E-state index contributed by atoms with van der Waals surface area (Å²) >= 11 is 28.2. The molecule has 31 heavy (non-hydrogen) atoms. The van der Waals surface area contributed by atoms with Crippen LogP contribution in [0.5, 0.6) is 0 Å². The summed E-state index contributed by atoms with van der Waals surface area (Å²) in [6, 6.07) is 20.8. The lowest BCUT2D eigenvalue weighted by atomic mass is 9.69. The van der Waals surface area contributed by atoms with Crippen molar-refractivity contribution in [1.82, 2.24) is 9.78 Å². The molecule has 1 heterocycles. The lowest BCUT2D eigenvalue weighted by Crippen LogP contribution is -2.51. The normalized spacial score (nSPS) is 41.5. The van der Waals surface area contributed by atoms with Crippen LogP contribution in [0.25, 0.3) is 16.9 Å². The quantitative estimate of drug-likeness (QED) is 0.281. The molecule has 0 saturated heterocycles. The number of benzene rings is 2. The molecule has 1 aromatic heterocycles. The van der Waals surface area contributed by atoms with Crippen molar-refractivity contribution < 1.29 is 0 Å². The number of hydrogen-bond donors (Lipinski definition) is 0. The van der Waals surface area contributed by atoms with Crippen LogP contribution >= 0.6 is 46.4 Å². The van der Waals surface area contributed by atoms with E-state index >= 15 is 0 Å². The van der Waals surface area contributed by atoms with E-state index in [1.54, 1.807) is 0 Å². The smallest absolute Gasteiger partial charge is 0.0965 e. The van der Waals surface area contributed by atoms with Crippen molar-refractivity contribution in [2.45, 2.75) is 45.2 Å². The predicted molar refractivity (Wildman–Crippen MR) is 127 cm³/mol. The van der Waals surface area contributed by atoms with Crippen molar-refractivity contribution in [3.05, 3.63) is 71.9 Å². The second-order valence-corrected chi connectivity index (χ2v) is 11.9. The third-order valence-corrected chi connectivity index (χ3v) is 11.2. The van der Waals surface area contributed by atoms with Crippen molar-refractivity contribution in [3.63, 3.8) is 0 Å². The molecule has 0 spiro atoms. The summed E-state index contributed by atoms with van der Waals surface area (Å²) in [5, 5.41) is 4.52. The number of alkyl halides is 4. The first-order valence-electron chi connectivity index (χ1n) is 10.8.